The van der Waals surface area contributed by atoms with Crippen LogP contribution in [0.1, 0.15) is 31.2 Å². The Bertz CT molecular complexity index is 1080. The fourth-order valence-corrected chi connectivity index (χ4v) is 4.95. The Labute approximate surface area is 187 Å². The number of benzene rings is 2. The van der Waals surface area contributed by atoms with Crippen LogP contribution in [0, 0.1) is 6.92 Å². The Morgan fingerprint density at radius 3 is 2.52 bits per heavy atom. The van der Waals surface area contributed by atoms with Crippen LogP contribution in [0.25, 0.3) is 0 Å². The van der Waals surface area contributed by atoms with Gasteiger partial charge in [0.15, 0.2) is 11.5 Å². The van der Waals surface area contributed by atoms with Gasteiger partial charge in [0.1, 0.15) is 6.61 Å². The van der Waals surface area contributed by atoms with E-state index in [1.54, 1.807) is 18.2 Å². The second kappa shape index (κ2) is 8.96. The van der Waals surface area contributed by atoms with Crippen molar-refractivity contribution in [3.05, 3.63) is 47.0 Å². The number of hydrogen-bond donors (Lipinski definition) is 1. The van der Waals surface area contributed by atoms with Gasteiger partial charge in [-0.2, -0.15) is 0 Å². The summed E-state index contributed by atoms with van der Waals surface area (Å²) in [5.74, 6) is 0.573. The summed E-state index contributed by atoms with van der Waals surface area (Å²) in [6, 6.07) is 9.31. The molecule has 2 aromatic carbocycles. The minimum atomic E-state index is -3.85. The van der Waals surface area contributed by atoms with Crippen LogP contribution in [0.3, 0.4) is 0 Å². The van der Waals surface area contributed by atoms with E-state index in [-0.39, 0.29) is 17.4 Å². The van der Waals surface area contributed by atoms with Gasteiger partial charge in [-0.3, -0.25) is 9.52 Å². The number of ether oxygens (including phenoxy) is 2. The van der Waals surface area contributed by atoms with E-state index < -0.39 is 16.1 Å². The second-order valence-corrected chi connectivity index (χ2v) is 9.92. The summed E-state index contributed by atoms with van der Waals surface area (Å²) in [7, 11) is -3.85. The van der Waals surface area contributed by atoms with Gasteiger partial charge in [0.05, 0.1) is 10.6 Å². The number of carbonyl (C=O) groups excluding carboxylic acids is 1. The summed E-state index contributed by atoms with van der Waals surface area (Å²) in [6.07, 6.45) is 3.54. The number of sulfonamides is 1. The number of nitrogens with zero attached hydrogens (tertiary/aromatic N) is 1. The zero-order valence-corrected chi connectivity index (χ0v) is 18.8. The fraction of sp³-hybridized carbons (Fsp3) is 0.409. The van der Waals surface area contributed by atoms with Crippen molar-refractivity contribution in [3.8, 4) is 11.5 Å². The summed E-state index contributed by atoms with van der Waals surface area (Å²) < 4.78 is 39.7. The Hall–Kier alpha value is -2.45. The highest BCUT2D eigenvalue weighted by atomic mass is 35.5. The predicted molar refractivity (Wildman–Crippen MR) is 118 cm³/mol. The number of aryl methyl sites for hydroxylation is 1. The highest BCUT2D eigenvalue weighted by molar-refractivity contribution is 7.92. The first-order valence-electron chi connectivity index (χ1n) is 10.3. The Balaban J connectivity index is 1.48. The Morgan fingerprint density at radius 2 is 1.81 bits per heavy atom. The summed E-state index contributed by atoms with van der Waals surface area (Å²) in [5.41, 5.74) is 1.22. The number of likely N-dealkylation sites (tertiary alicyclic amines) is 1. The molecule has 1 atom stereocenters. The number of hydrogen-bond acceptors (Lipinski definition) is 5. The van der Waals surface area contributed by atoms with Crippen LogP contribution < -0.4 is 14.2 Å². The number of nitrogens with one attached hydrogen (secondary N) is 1. The molecule has 0 aromatic heterocycles. The van der Waals surface area contributed by atoms with Gasteiger partial charge in [-0.15, -0.1) is 0 Å². The van der Waals surface area contributed by atoms with E-state index in [1.165, 1.54) is 18.2 Å². The van der Waals surface area contributed by atoms with E-state index in [4.69, 9.17) is 21.1 Å². The van der Waals surface area contributed by atoms with E-state index in [0.717, 1.165) is 44.3 Å². The molecule has 0 spiro atoms. The zero-order valence-electron chi connectivity index (χ0n) is 17.3. The molecule has 0 saturated carbocycles. The molecule has 31 heavy (non-hydrogen) atoms. The van der Waals surface area contributed by atoms with Crippen LogP contribution in [0.15, 0.2) is 41.3 Å². The van der Waals surface area contributed by atoms with Gasteiger partial charge in [0.2, 0.25) is 6.10 Å². The lowest BCUT2D eigenvalue weighted by atomic mass is 10.2. The molecule has 0 unspecified atom stereocenters. The number of amides is 1. The fourth-order valence-electron chi connectivity index (χ4n) is 3.71. The SMILES string of the molecule is Cc1ccc(NS(=O)(=O)c2ccc3c(c2)OC[C@H](C(=O)N2CCCCCC2)O3)cc1Cl. The van der Waals surface area contributed by atoms with Gasteiger partial charge in [0, 0.05) is 24.2 Å². The summed E-state index contributed by atoms with van der Waals surface area (Å²) in [5, 5.41) is 0.475. The molecular weight excluding hydrogens is 440 g/mol. The van der Waals surface area contributed by atoms with Crippen molar-refractivity contribution < 1.29 is 22.7 Å². The van der Waals surface area contributed by atoms with E-state index in [2.05, 4.69) is 4.72 Å². The van der Waals surface area contributed by atoms with Gasteiger partial charge in [-0.25, -0.2) is 8.42 Å². The third-order valence-corrected chi connectivity index (χ3v) is 7.29. The monoisotopic (exact) mass is 464 g/mol. The Kier molecular flexibility index (Phi) is 6.29. The standard InChI is InChI=1S/C22H25ClN2O5S/c1-15-6-7-16(12-18(15)23)24-31(27,28)17-8-9-19-20(13-17)29-14-21(30-19)22(26)25-10-4-2-3-5-11-25/h6-9,12-13,21,24H,2-5,10-11,14H2,1H3/t21-/m1/s1. The lowest BCUT2D eigenvalue weighted by molar-refractivity contribution is -0.141. The molecule has 2 aliphatic rings. The van der Waals surface area contributed by atoms with Crippen molar-refractivity contribution in [1.82, 2.24) is 4.90 Å². The molecule has 166 valence electrons. The minimum Gasteiger partial charge on any atom is -0.485 e. The highest BCUT2D eigenvalue weighted by Gasteiger charge is 2.32. The topological polar surface area (TPSA) is 84.9 Å². The van der Waals surface area contributed by atoms with Crippen LogP contribution in [0.2, 0.25) is 5.02 Å². The third-order valence-electron chi connectivity index (χ3n) is 5.50. The Morgan fingerprint density at radius 1 is 1.06 bits per heavy atom. The first-order chi connectivity index (χ1) is 14.8. The van der Waals surface area contributed by atoms with E-state index in [1.807, 2.05) is 11.8 Å². The van der Waals surface area contributed by atoms with Crippen molar-refractivity contribution in [3.63, 3.8) is 0 Å². The van der Waals surface area contributed by atoms with Crippen molar-refractivity contribution in [2.24, 2.45) is 0 Å². The average molecular weight is 465 g/mol. The maximum absolute atomic E-state index is 12.8. The van der Waals surface area contributed by atoms with Gasteiger partial charge in [-0.1, -0.05) is 30.5 Å². The van der Waals surface area contributed by atoms with Gasteiger partial charge in [0.25, 0.3) is 15.9 Å². The lowest BCUT2D eigenvalue weighted by Gasteiger charge is -2.30. The molecule has 4 rings (SSSR count). The average Bonchev–Trinajstić information content (AvgIpc) is 3.04. The molecule has 0 bridgehead atoms. The van der Waals surface area contributed by atoms with Crippen molar-refractivity contribution >= 4 is 33.2 Å². The summed E-state index contributed by atoms with van der Waals surface area (Å²) >= 11 is 6.09. The van der Waals surface area contributed by atoms with Crippen LogP contribution in [0.5, 0.6) is 11.5 Å². The normalized spacial score (nSPS) is 18.9. The quantitative estimate of drug-likeness (QED) is 0.739. The predicted octanol–water partition coefficient (Wildman–Crippen LogP) is 3.99. The highest BCUT2D eigenvalue weighted by Crippen LogP contribution is 2.35. The maximum Gasteiger partial charge on any atom is 0.267 e. The van der Waals surface area contributed by atoms with E-state index >= 15 is 0 Å². The van der Waals surface area contributed by atoms with Crippen LogP contribution >= 0.6 is 11.6 Å². The molecule has 0 aliphatic carbocycles. The molecule has 1 saturated heterocycles. The molecule has 9 heteroatoms. The third kappa shape index (κ3) is 4.91. The molecule has 2 aromatic rings. The number of carbonyl (C=O) groups is 1. The zero-order chi connectivity index (χ0) is 22.0. The van der Waals surface area contributed by atoms with Gasteiger partial charge in [-0.05, 0) is 49.6 Å². The number of fused-ring (bicyclic) bond motifs is 1. The van der Waals surface area contributed by atoms with Crippen LogP contribution in [-0.2, 0) is 14.8 Å². The maximum atomic E-state index is 12.8. The second-order valence-electron chi connectivity index (χ2n) is 7.83. The first kappa shape index (κ1) is 21.8. The molecule has 1 N–H and O–H groups in total. The van der Waals surface area contributed by atoms with Crippen LogP contribution in [0.4, 0.5) is 5.69 Å². The van der Waals surface area contributed by atoms with Crippen molar-refractivity contribution in [2.45, 2.75) is 43.6 Å². The smallest absolute Gasteiger partial charge is 0.267 e. The van der Waals surface area contributed by atoms with E-state index in [9.17, 15) is 13.2 Å². The lowest BCUT2D eigenvalue weighted by Crippen LogP contribution is -2.46. The van der Waals surface area contributed by atoms with Crippen LogP contribution in [-0.4, -0.2) is 45.0 Å². The number of rotatable bonds is 4. The molecule has 2 aliphatic heterocycles. The van der Waals surface area contributed by atoms with Crippen molar-refractivity contribution in [2.75, 3.05) is 24.4 Å². The minimum absolute atomic E-state index is 0.0313. The summed E-state index contributed by atoms with van der Waals surface area (Å²) in [4.78, 5) is 14.7. The number of anilines is 1. The molecule has 1 fully saturated rings. The molecular formula is C22H25ClN2O5S. The van der Waals surface area contributed by atoms with Crippen molar-refractivity contribution in [1.29, 1.82) is 0 Å². The molecule has 0 radical (unpaired) electrons. The van der Waals surface area contributed by atoms with Gasteiger partial charge >= 0.3 is 0 Å². The first-order valence-corrected chi connectivity index (χ1v) is 12.2. The molecule has 1 amide bonds. The number of halogens is 1. The van der Waals surface area contributed by atoms with E-state index in [0.29, 0.717) is 22.2 Å². The van der Waals surface area contributed by atoms with Gasteiger partial charge < -0.3 is 14.4 Å². The largest absolute Gasteiger partial charge is 0.485 e. The summed E-state index contributed by atoms with van der Waals surface area (Å²) in [6.45, 7) is 3.36. The molecule has 2 heterocycles. The molecule has 7 nitrogen and oxygen atoms in total.